The van der Waals surface area contributed by atoms with Crippen LogP contribution in [-0.4, -0.2) is 57.4 Å². The predicted molar refractivity (Wildman–Crippen MR) is 75.6 cm³/mol. The van der Waals surface area contributed by atoms with Crippen molar-refractivity contribution >= 4 is 10.0 Å². The molecule has 0 aromatic heterocycles. The molecule has 5 nitrogen and oxygen atoms in total. The maximum absolute atomic E-state index is 12.4. The molecular formula is C13H26N2O3S. The Morgan fingerprint density at radius 2 is 2.16 bits per heavy atom. The minimum absolute atomic E-state index is 0.0906. The van der Waals surface area contributed by atoms with Gasteiger partial charge in [-0.05, 0) is 45.6 Å². The number of ether oxygens (including phenoxy) is 1. The Hall–Kier alpha value is -0.170. The van der Waals surface area contributed by atoms with Gasteiger partial charge in [0.15, 0.2) is 0 Å². The molecule has 0 bridgehead atoms. The van der Waals surface area contributed by atoms with Crippen LogP contribution in [0.3, 0.4) is 0 Å². The molecule has 2 heterocycles. The van der Waals surface area contributed by atoms with Gasteiger partial charge in [0.2, 0.25) is 10.0 Å². The minimum Gasteiger partial charge on any atom is -0.377 e. The maximum Gasteiger partial charge on any atom is 0.216 e. The molecule has 0 amide bonds. The van der Waals surface area contributed by atoms with Crippen LogP contribution in [0.2, 0.25) is 0 Å². The summed E-state index contributed by atoms with van der Waals surface area (Å²) in [7, 11) is -1.23. The minimum atomic E-state index is -3.16. The van der Waals surface area contributed by atoms with Gasteiger partial charge in [-0.25, -0.2) is 12.7 Å². The Kier molecular flexibility index (Phi) is 5.22. The topological polar surface area (TPSA) is 58.6 Å². The second kappa shape index (κ2) is 6.52. The lowest BCUT2D eigenvalue weighted by molar-refractivity contribution is 0.125. The highest BCUT2D eigenvalue weighted by Crippen LogP contribution is 2.24. The molecule has 1 N–H and O–H groups in total. The van der Waals surface area contributed by atoms with E-state index in [4.69, 9.17) is 4.74 Å². The molecule has 19 heavy (non-hydrogen) atoms. The second-order valence-corrected chi connectivity index (χ2v) is 7.76. The normalized spacial score (nSPS) is 31.5. The fraction of sp³-hybridized carbons (Fsp3) is 1.00. The fourth-order valence-corrected chi connectivity index (χ4v) is 4.76. The fourth-order valence-electron chi connectivity index (χ4n) is 2.99. The van der Waals surface area contributed by atoms with Crippen molar-refractivity contribution in [3.05, 3.63) is 0 Å². The van der Waals surface area contributed by atoms with Gasteiger partial charge < -0.3 is 10.1 Å². The van der Waals surface area contributed by atoms with E-state index in [0.29, 0.717) is 31.7 Å². The van der Waals surface area contributed by atoms with Crippen molar-refractivity contribution < 1.29 is 13.2 Å². The number of rotatable bonds is 5. The van der Waals surface area contributed by atoms with Crippen LogP contribution in [0, 0.1) is 5.92 Å². The molecule has 2 aliphatic heterocycles. The van der Waals surface area contributed by atoms with E-state index in [1.807, 2.05) is 7.05 Å². The first-order chi connectivity index (χ1) is 9.03. The van der Waals surface area contributed by atoms with Crippen LogP contribution < -0.4 is 5.32 Å². The molecule has 2 rings (SSSR count). The molecule has 0 aromatic rings. The molecule has 0 aromatic carbocycles. The van der Waals surface area contributed by atoms with Gasteiger partial charge in [0.1, 0.15) is 0 Å². The maximum atomic E-state index is 12.4. The summed E-state index contributed by atoms with van der Waals surface area (Å²) in [6.07, 6.45) is 3.84. The lowest BCUT2D eigenvalue weighted by Gasteiger charge is -2.35. The molecule has 112 valence electrons. The van der Waals surface area contributed by atoms with Crippen LogP contribution in [-0.2, 0) is 14.8 Å². The molecule has 0 spiro atoms. The zero-order valence-corrected chi connectivity index (χ0v) is 12.8. The van der Waals surface area contributed by atoms with Gasteiger partial charge in [-0.2, -0.15) is 0 Å². The van der Waals surface area contributed by atoms with E-state index >= 15 is 0 Å². The molecule has 3 atom stereocenters. The number of sulfonamides is 1. The van der Waals surface area contributed by atoms with Crippen molar-refractivity contribution in [2.75, 3.05) is 32.5 Å². The molecule has 0 radical (unpaired) electrons. The van der Waals surface area contributed by atoms with E-state index in [1.165, 1.54) is 0 Å². The summed E-state index contributed by atoms with van der Waals surface area (Å²) in [4.78, 5) is 0. The standard InChI is InChI=1S/C13H26N2O3S/c1-11(14-2)12-5-3-7-15(9-12)19(16,17)10-13-6-4-8-18-13/h11-14H,3-10H2,1-2H3. The molecule has 6 heteroatoms. The highest BCUT2D eigenvalue weighted by atomic mass is 32.2. The van der Waals surface area contributed by atoms with Gasteiger partial charge in [0.05, 0.1) is 11.9 Å². The van der Waals surface area contributed by atoms with Gasteiger partial charge in [0, 0.05) is 25.7 Å². The van der Waals surface area contributed by atoms with E-state index in [-0.39, 0.29) is 11.9 Å². The van der Waals surface area contributed by atoms with Crippen molar-refractivity contribution in [1.82, 2.24) is 9.62 Å². The van der Waals surface area contributed by atoms with Gasteiger partial charge in [-0.1, -0.05) is 0 Å². The van der Waals surface area contributed by atoms with E-state index in [9.17, 15) is 8.42 Å². The van der Waals surface area contributed by atoms with E-state index in [2.05, 4.69) is 12.2 Å². The Balaban J connectivity index is 1.95. The van der Waals surface area contributed by atoms with Crippen molar-refractivity contribution in [2.45, 2.75) is 44.8 Å². The third kappa shape index (κ3) is 3.90. The number of hydrogen-bond donors (Lipinski definition) is 1. The SMILES string of the molecule is CNC(C)C1CCCN(S(=O)(=O)CC2CCCO2)C1. The van der Waals surface area contributed by atoms with Crippen molar-refractivity contribution in [3.63, 3.8) is 0 Å². The van der Waals surface area contributed by atoms with E-state index < -0.39 is 10.0 Å². The van der Waals surface area contributed by atoms with Crippen LogP contribution in [0.15, 0.2) is 0 Å². The van der Waals surface area contributed by atoms with Crippen molar-refractivity contribution in [2.24, 2.45) is 5.92 Å². The number of hydrogen-bond acceptors (Lipinski definition) is 4. The van der Waals surface area contributed by atoms with Crippen LogP contribution in [0.1, 0.15) is 32.6 Å². The summed E-state index contributed by atoms with van der Waals surface area (Å²) in [6, 6.07) is 0.362. The van der Waals surface area contributed by atoms with Gasteiger partial charge in [-0.15, -0.1) is 0 Å². The monoisotopic (exact) mass is 290 g/mol. The zero-order valence-electron chi connectivity index (χ0n) is 12.0. The molecule has 0 saturated carbocycles. The smallest absolute Gasteiger partial charge is 0.216 e. The quantitative estimate of drug-likeness (QED) is 0.814. The highest BCUT2D eigenvalue weighted by molar-refractivity contribution is 7.89. The zero-order chi connectivity index (χ0) is 13.9. The Bertz CT molecular complexity index is 379. The van der Waals surface area contributed by atoms with E-state index in [0.717, 1.165) is 25.7 Å². The third-order valence-electron chi connectivity index (χ3n) is 4.40. The number of nitrogens with zero attached hydrogens (tertiary/aromatic N) is 1. The molecule has 2 aliphatic rings. The van der Waals surface area contributed by atoms with E-state index in [1.54, 1.807) is 4.31 Å². The lowest BCUT2D eigenvalue weighted by Crippen LogP contribution is -2.47. The molecular weight excluding hydrogens is 264 g/mol. The van der Waals surface area contributed by atoms with Gasteiger partial charge in [-0.3, -0.25) is 0 Å². The summed E-state index contributed by atoms with van der Waals surface area (Å²) in [6.45, 7) is 4.15. The highest BCUT2D eigenvalue weighted by Gasteiger charge is 2.33. The average molecular weight is 290 g/mol. The predicted octanol–water partition coefficient (Wildman–Crippen LogP) is 0.815. The molecule has 0 aliphatic carbocycles. The van der Waals surface area contributed by atoms with Crippen LogP contribution >= 0.6 is 0 Å². The van der Waals surface area contributed by atoms with Gasteiger partial charge >= 0.3 is 0 Å². The van der Waals surface area contributed by atoms with Crippen LogP contribution in [0.25, 0.3) is 0 Å². The summed E-state index contributed by atoms with van der Waals surface area (Å²) in [5, 5.41) is 3.23. The number of piperidine rings is 1. The van der Waals surface area contributed by atoms with Crippen LogP contribution in [0.5, 0.6) is 0 Å². The van der Waals surface area contributed by atoms with Crippen molar-refractivity contribution in [1.29, 1.82) is 0 Å². The Labute approximate surface area is 116 Å². The van der Waals surface area contributed by atoms with Gasteiger partial charge in [0.25, 0.3) is 0 Å². The molecule has 3 unspecified atom stereocenters. The first kappa shape index (κ1) is 15.2. The summed E-state index contributed by atoms with van der Waals surface area (Å²) < 4.78 is 32.0. The average Bonchev–Trinajstić information content (AvgIpc) is 2.90. The van der Waals surface area contributed by atoms with Crippen molar-refractivity contribution in [3.8, 4) is 0 Å². The molecule has 2 fully saturated rings. The second-order valence-electron chi connectivity index (χ2n) is 5.75. The number of nitrogens with one attached hydrogen (secondary N) is 1. The Morgan fingerprint density at radius 1 is 1.37 bits per heavy atom. The lowest BCUT2D eigenvalue weighted by atomic mass is 9.93. The summed E-state index contributed by atoms with van der Waals surface area (Å²) in [5.74, 6) is 0.575. The first-order valence-corrected chi connectivity index (χ1v) is 8.90. The summed E-state index contributed by atoms with van der Waals surface area (Å²) in [5.41, 5.74) is 0. The largest absolute Gasteiger partial charge is 0.377 e. The first-order valence-electron chi connectivity index (χ1n) is 7.29. The van der Waals surface area contributed by atoms with Crippen LogP contribution in [0.4, 0.5) is 0 Å². The third-order valence-corrected chi connectivity index (χ3v) is 6.31. The summed E-state index contributed by atoms with van der Waals surface area (Å²) >= 11 is 0. The molecule has 2 saturated heterocycles. The Morgan fingerprint density at radius 3 is 2.79 bits per heavy atom.